The minimum atomic E-state index is -0.490. The summed E-state index contributed by atoms with van der Waals surface area (Å²) in [5.74, 6) is 0. The van der Waals surface area contributed by atoms with E-state index in [1.807, 2.05) is 0 Å². The van der Waals surface area contributed by atoms with E-state index in [0.29, 0.717) is 0 Å². The van der Waals surface area contributed by atoms with Gasteiger partial charge in [0, 0.05) is 164 Å². The molecule has 0 rings (SSSR count). The molecule has 0 N–H and O–H groups in total. The molecular weight excluding hydrogens is 1380 g/mol. The zero-order valence-corrected chi connectivity index (χ0v) is 81.0. The van der Waals surface area contributed by atoms with Crippen LogP contribution < -0.4 is 28.2 Å². The largest absolute Gasteiger partial charge is 1.00 e. The van der Waals surface area contributed by atoms with Crippen LogP contribution in [0.4, 0.5) is 0 Å². The van der Waals surface area contributed by atoms with Crippen molar-refractivity contribution in [1.82, 2.24) is 0 Å². The van der Waals surface area contributed by atoms with Crippen LogP contribution in [0.1, 0.15) is 427 Å². The van der Waals surface area contributed by atoms with E-state index < -0.39 is 43.6 Å². The molecule has 0 aromatic carbocycles. The molecule has 12 heteroatoms. The van der Waals surface area contributed by atoms with Crippen molar-refractivity contribution >= 4 is 43.6 Å². The minimum absolute atomic E-state index is 0. The molecule has 0 heterocycles. The molecule has 636 valence electrons. The maximum atomic E-state index is 2.46. The molecule has 0 aliphatic carbocycles. The van der Waals surface area contributed by atoms with Gasteiger partial charge >= 0.3 is 0 Å². The van der Waals surface area contributed by atoms with Crippen LogP contribution in [0.2, 0.25) is 0 Å². The monoisotopic (exact) mass is 1590 g/mol. The summed E-state index contributed by atoms with van der Waals surface area (Å²) >= 11 is 0. The maximum Gasteiger partial charge on any atom is 0.0586 e. The van der Waals surface area contributed by atoms with E-state index in [0.717, 1.165) is 0 Å². The topological polar surface area (TPSA) is 0 Å². The maximum absolute atomic E-state index is 2.46. The van der Waals surface area contributed by atoms with E-state index in [1.54, 1.807) is 0 Å². The Kier molecular flexibility index (Phi) is 127. The van der Waals surface area contributed by atoms with Crippen LogP contribution in [-0.2, 0) is 0 Å². The quantitative estimate of drug-likeness (QED) is 0.0323. The Bertz CT molecular complexity index is 1110. The van der Waals surface area contributed by atoms with E-state index >= 15 is 0 Å². The zero-order chi connectivity index (χ0) is 73.7. The molecule has 0 saturated carbocycles. The van der Waals surface area contributed by atoms with Crippen molar-refractivity contribution in [2.24, 2.45) is 0 Å². The van der Waals surface area contributed by atoms with Gasteiger partial charge in [-0.2, -0.15) is 0 Å². The third-order valence-electron chi connectivity index (χ3n) is 19.1. The average Bonchev–Trinajstić information content (AvgIpc) is 1.21. The van der Waals surface area contributed by atoms with Gasteiger partial charge in [0.15, 0.2) is 0 Å². The fourth-order valence-electron chi connectivity index (χ4n) is 12.4. The van der Waals surface area contributed by atoms with Gasteiger partial charge in [-0.25, -0.2) is 0 Å². The second-order valence-corrected chi connectivity index (χ2v) is 67.3. The molecule has 0 unspecified atom stereocenters. The predicted octanol–water partition coefficient (Wildman–Crippen LogP) is 16.9. The van der Waals surface area contributed by atoms with Gasteiger partial charge in [-0.3, -0.25) is 0 Å². The second-order valence-electron chi connectivity index (χ2n) is 37.2. The number of hydrogen-bond acceptors (Lipinski definition) is 0. The Morgan fingerprint density at radius 1 is 0.0980 bits per heavy atom. The van der Waals surface area contributed by atoms with Gasteiger partial charge in [-0.05, 0) is 77.0 Å². The van der Waals surface area contributed by atoms with E-state index in [2.05, 4.69) is 162 Å². The highest BCUT2D eigenvalue weighted by Gasteiger charge is 2.19. The normalized spacial score (nSPS) is 11.3. The first-order chi connectivity index (χ1) is 45.4. The molecule has 0 aliphatic rings. The van der Waals surface area contributed by atoms with E-state index in [9.17, 15) is 0 Å². The van der Waals surface area contributed by atoms with Crippen molar-refractivity contribution < 1.29 is 28.2 Å². The van der Waals surface area contributed by atoms with Gasteiger partial charge in [0.05, 0.1) is 37.0 Å². The molecule has 0 saturated heterocycles. The van der Waals surface area contributed by atoms with Gasteiger partial charge in [-0.15, -0.1) is 0 Å². The lowest BCUT2D eigenvalue weighted by molar-refractivity contribution is -0.00100. The summed E-state index contributed by atoms with van der Waals surface area (Å²) in [7, 11) is -2.94. The number of hydrogen-bond donors (Lipinski definition) is 0. The molecule has 0 bridgehead atoms. The number of halogens is 6. The van der Waals surface area contributed by atoms with E-state index in [-0.39, 0.29) is 28.2 Å². The summed E-state index contributed by atoms with van der Waals surface area (Å²) in [6.07, 6.45) is 96.8. The summed E-state index contributed by atoms with van der Waals surface area (Å²) < 4.78 is 0. The Morgan fingerprint density at radius 3 is 0.216 bits per heavy atom. The highest BCUT2D eigenvalue weighted by atomic mass is 31.2. The van der Waals surface area contributed by atoms with E-state index in [1.165, 1.54) is 422 Å². The Hall–Kier alpha value is 2.16. The smallest absolute Gasteiger partial charge is 0.0586 e. The summed E-state index contributed by atoms with van der Waals surface area (Å²) in [5, 5.41) is 0. The van der Waals surface area contributed by atoms with Crippen molar-refractivity contribution in [2.45, 2.75) is 427 Å². The van der Waals surface area contributed by atoms with Crippen molar-refractivity contribution in [2.75, 3.05) is 157 Å². The number of rotatable bonds is 66. The molecule has 0 amide bonds. The first-order valence-corrected chi connectivity index (χ1v) is 64.1. The fourth-order valence-corrected chi connectivity index (χ4v) is 19.5. The van der Waals surface area contributed by atoms with Crippen LogP contribution in [0.25, 0.3) is 0 Å². The van der Waals surface area contributed by atoms with Gasteiger partial charge in [0.2, 0.25) is 0 Å². The van der Waals surface area contributed by atoms with Crippen molar-refractivity contribution in [1.29, 1.82) is 0 Å². The van der Waals surface area contributed by atoms with E-state index in [4.69, 9.17) is 0 Å². The fraction of sp³-hybridized carbons (Fsp3) is 1.00. The average molecular weight is 1590 g/mol. The van der Waals surface area contributed by atoms with Gasteiger partial charge in [0.1, 0.15) is 0 Å². The van der Waals surface area contributed by atoms with Crippen LogP contribution >= 0.6 is 43.6 Å². The van der Waals surface area contributed by atoms with Crippen molar-refractivity contribution in [3.8, 4) is 0 Å². The van der Waals surface area contributed by atoms with Crippen LogP contribution in [0.3, 0.4) is 0 Å². The lowest BCUT2D eigenvalue weighted by Crippen LogP contribution is -3.00. The second kappa shape index (κ2) is 99.2. The standard InChI is InChI=1S/6C15H34P.6FH/c6*1-5-6-7-8-9-10-11-12-13-14-15-16(2,3)4;;;;;;/h6*5-15H2,1-4H3;6*1H/q6*+1;;;;;;/p-6. The lowest BCUT2D eigenvalue weighted by Gasteiger charge is -2.10. The summed E-state index contributed by atoms with van der Waals surface area (Å²) in [4.78, 5) is 0. The van der Waals surface area contributed by atoms with Gasteiger partial charge in [-0.1, -0.05) is 350 Å². The summed E-state index contributed by atoms with van der Waals surface area (Å²) in [5.41, 5.74) is 0. The minimum Gasteiger partial charge on any atom is -1.00 e. The molecule has 102 heavy (non-hydrogen) atoms. The zero-order valence-electron chi connectivity index (χ0n) is 75.6. The van der Waals surface area contributed by atoms with Crippen molar-refractivity contribution in [3.63, 3.8) is 0 Å². The first kappa shape index (κ1) is 131. The molecule has 0 radical (unpaired) electrons. The predicted molar refractivity (Wildman–Crippen MR) is 488 cm³/mol. The number of unbranched alkanes of at least 4 members (excludes halogenated alkanes) is 54. The van der Waals surface area contributed by atoms with Gasteiger partial charge < -0.3 is 28.2 Å². The molecule has 0 aliphatic heterocycles. The highest BCUT2D eigenvalue weighted by molar-refractivity contribution is 7.75. The van der Waals surface area contributed by atoms with Crippen LogP contribution in [0, 0.1) is 0 Å². The third kappa shape index (κ3) is 163. The molecular formula is C90H204F6P6. The van der Waals surface area contributed by atoms with Crippen LogP contribution in [0.15, 0.2) is 0 Å². The SMILES string of the molecule is CCCCCCCCCCCC[P+](C)(C)C.CCCCCCCCCCCC[P+](C)(C)C.CCCCCCCCCCCC[P+](C)(C)C.CCCCCCCCCCCC[P+](C)(C)C.CCCCCCCCCCCC[P+](C)(C)C.CCCCCCCCCCCC[P+](C)(C)C.[F-].[F-].[F-].[F-].[F-].[F-]. The molecule has 0 fully saturated rings. The Balaban J connectivity index is -0.0000000942. The van der Waals surface area contributed by atoms with Crippen LogP contribution in [0.5, 0.6) is 0 Å². The molecule has 0 aromatic rings. The molecule has 0 aromatic heterocycles. The third-order valence-corrected chi connectivity index (χ3v) is 29.0. The lowest BCUT2D eigenvalue weighted by atomic mass is 10.1. The highest BCUT2D eigenvalue weighted by Crippen LogP contribution is 2.50. The van der Waals surface area contributed by atoms with Gasteiger partial charge in [0.25, 0.3) is 0 Å². The Morgan fingerprint density at radius 2 is 0.157 bits per heavy atom. The first-order valence-electron chi connectivity index (χ1n) is 44.2. The molecule has 0 spiro atoms. The summed E-state index contributed by atoms with van der Waals surface area (Å²) in [6.45, 7) is 58.0. The molecule has 0 nitrogen and oxygen atoms in total. The molecule has 0 atom stereocenters. The van der Waals surface area contributed by atoms with Crippen LogP contribution in [-0.4, -0.2) is 157 Å². The van der Waals surface area contributed by atoms with Crippen molar-refractivity contribution in [3.05, 3.63) is 0 Å². The Labute approximate surface area is 651 Å². The summed E-state index contributed by atoms with van der Waals surface area (Å²) in [6, 6.07) is 0.